The van der Waals surface area contributed by atoms with Crippen LogP contribution in [-0.2, 0) is 6.42 Å². The zero-order valence-corrected chi connectivity index (χ0v) is 9.00. The van der Waals surface area contributed by atoms with Crippen LogP contribution in [0.1, 0.15) is 18.4 Å². The molecule has 0 saturated carbocycles. The van der Waals surface area contributed by atoms with E-state index in [1.54, 1.807) is 0 Å². The SMILES string of the molecule is NCC(N)CCCc1ccc(Cl)cc1. The number of hydrogen-bond donors (Lipinski definition) is 2. The van der Waals surface area contributed by atoms with E-state index in [0.717, 1.165) is 24.3 Å². The maximum absolute atomic E-state index is 5.78. The van der Waals surface area contributed by atoms with Gasteiger partial charge in [0.15, 0.2) is 0 Å². The maximum Gasteiger partial charge on any atom is 0.0406 e. The lowest BCUT2D eigenvalue weighted by Gasteiger charge is -2.07. The molecular formula is C11H17ClN2. The number of benzene rings is 1. The summed E-state index contributed by atoms with van der Waals surface area (Å²) in [7, 11) is 0. The van der Waals surface area contributed by atoms with Crippen LogP contribution in [0.25, 0.3) is 0 Å². The minimum atomic E-state index is 0.141. The second kappa shape index (κ2) is 6.02. The van der Waals surface area contributed by atoms with Crippen LogP contribution in [0, 0.1) is 0 Å². The molecule has 0 spiro atoms. The van der Waals surface area contributed by atoms with Gasteiger partial charge in [-0.2, -0.15) is 0 Å². The number of halogens is 1. The van der Waals surface area contributed by atoms with Crippen molar-refractivity contribution in [2.24, 2.45) is 11.5 Å². The van der Waals surface area contributed by atoms with E-state index in [1.165, 1.54) is 5.56 Å². The third kappa shape index (κ3) is 4.09. The second-order valence-corrected chi connectivity index (χ2v) is 3.95. The minimum absolute atomic E-state index is 0.141. The van der Waals surface area contributed by atoms with Gasteiger partial charge in [0.25, 0.3) is 0 Å². The normalized spacial score (nSPS) is 12.8. The van der Waals surface area contributed by atoms with Crippen molar-refractivity contribution in [3.05, 3.63) is 34.9 Å². The highest BCUT2D eigenvalue weighted by atomic mass is 35.5. The van der Waals surface area contributed by atoms with Gasteiger partial charge in [-0.1, -0.05) is 23.7 Å². The molecule has 1 unspecified atom stereocenters. The van der Waals surface area contributed by atoms with Crippen molar-refractivity contribution in [1.82, 2.24) is 0 Å². The van der Waals surface area contributed by atoms with Gasteiger partial charge in [-0.25, -0.2) is 0 Å². The van der Waals surface area contributed by atoms with Crippen molar-refractivity contribution in [3.8, 4) is 0 Å². The first-order valence-electron chi connectivity index (χ1n) is 4.92. The van der Waals surface area contributed by atoms with Crippen LogP contribution < -0.4 is 11.5 Å². The molecule has 3 heteroatoms. The molecule has 2 nitrogen and oxygen atoms in total. The van der Waals surface area contributed by atoms with Crippen molar-refractivity contribution >= 4 is 11.6 Å². The summed E-state index contributed by atoms with van der Waals surface area (Å²) >= 11 is 5.78. The Balaban J connectivity index is 2.28. The Hall–Kier alpha value is -0.570. The first-order valence-corrected chi connectivity index (χ1v) is 5.30. The van der Waals surface area contributed by atoms with Crippen LogP contribution in [0.15, 0.2) is 24.3 Å². The first-order chi connectivity index (χ1) is 6.72. The van der Waals surface area contributed by atoms with Crippen molar-refractivity contribution in [1.29, 1.82) is 0 Å². The topological polar surface area (TPSA) is 52.0 Å². The highest BCUT2D eigenvalue weighted by Gasteiger charge is 1.99. The third-order valence-electron chi connectivity index (χ3n) is 2.26. The van der Waals surface area contributed by atoms with E-state index < -0.39 is 0 Å². The molecule has 4 N–H and O–H groups in total. The van der Waals surface area contributed by atoms with Crippen molar-refractivity contribution in [3.63, 3.8) is 0 Å². The Labute approximate surface area is 90.2 Å². The van der Waals surface area contributed by atoms with Crippen LogP contribution in [-0.4, -0.2) is 12.6 Å². The molecule has 1 rings (SSSR count). The maximum atomic E-state index is 5.78. The van der Waals surface area contributed by atoms with Crippen molar-refractivity contribution in [2.45, 2.75) is 25.3 Å². The highest BCUT2D eigenvalue weighted by molar-refractivity contribution is 6.30. The molecule has 0 fully saturated rings. The molecule has 0 amide bonds. The lowest BCUT2D eigenvalue weighted by atomic mass is 10.1. The average Bonchev–Trinajstić information content (AvgIpc) is 2.21. The zero-order valence-electron chi connectivity index (χ0n) is 8.25. The lowest BCUT2D eigenvalue weighted by molar-refractivity contribution is 0.591. The Morgan fingerprint density at radius 1 is 1.21 bits per heavy atom. The molecular weight excluding hydrogens is 196 g/mol. The smallest absolute Gasteiger partial charge is 0.0406 e. The van der Waals surface area contributed by atoms with E-state index in [2.05, 4.69) is 12.1 Å². The van der Waals surface area contributed by atoms with Gasteiger partial charge in [-0.15, -0.1) is 0 Å². The van der Waals surface area contributed by atoms with E-state index in [0.29, 0.717) is 6.54 Å². The molecule has 14 heavy (non-hydrogen) atoms. The molecule has 1 aromatic rings. The van der Waals surface area contributed by atoms with E-state index in [1.807, 2.05) is 12.1 Å². The Bertz CT molecular complexity index is 258. The van der Waals surface area contributed by atoms with Crippen molar-refractivity contribution in [2.75, 3.05) is 6.54 Å². The minimum Gasteiger partial charge on any atom is -0.329 e. The fraction of sp³-hybridized carbons (Fsp3) is 0.455. The average molecular weight is 213 g/mol. The summed E-state index contributed by atoms with van der Waals surface area (Å²) in [6.07, 6.45) is 3.12. The Morgan fingerprint density at radius 2 is 1.86 bits per heavy atom. The van der Waals surface area contributed by atoms with Gasteiger partial charge in [0.2, 0.25) is 0 Å². The van der Waals surface area contributed by atoms with Crippen LogP contribution in [0.4, 0.5) is 0 Å². The van der Waals surface area contributed by atoms with Crippen LogP contribution >= 0.6 is 11.6 Å². The van der Waals surface area contributed by atoms with E-state index in [9.17, 15) is 0 Å². The summed E-state index contributed by atoms with van der Waals surface area (Å²) in [4.78, 5) is 0. The molecule has 78 valence electrons. The summed E-state index contributed by atoms with van der Waals surface area (Å²) in [6, 6.07) is 8.08. The number of aryl methyl sites for hydroxylation is 1. The quantitative estimate of drug-likeness (QED) is 0.784. The Morgan fingerprint density at radius 3 is 2.43 bits per heavy atom. The van der Waals surface area contributed by atoms with Gasteiger partial charge in [-0.3, -0.25) is 0 Å². The molecule has 1 atom stereocenters. The van der Waals surface area contributed by atoms with Gasteiger partial charge in [0.1, 0.15) is 0 Å². The number of hydrogen-bond acceptors (Lipinski definition) is 2. The molecule has 0 heterocycles. The van der Waals surface area contributed by atoms with Gasteiger partial charge in [0, 0.05) is 17.6 Å². The largest absolute Gasteiger partial charge is 0.329 e. The molecule has 0 aliphatic rings. The molecule has 0 aromatic heterocycles. The van der Waals surface area contributed by atoms with Gasteiger partial charge < -0.3 is 11.5 Å². The molecule has 1 aromatic carbocycles. The molecule has 0 aliphatic carbocycles. The fourth-order valence-corrected chi connectivity index (χ4v) is 1.46. The number of nitrogens with two attached hydrogens (primary N) is 2. The molecule has 0 saturated heterocycles. The van der Waals surface area contributed by atoms with E-state index >= 15 is 0 Å². The van der Waals surface area contributed by atoms with Crippen LogP contribution in [0.2, 0.25) is 5.02 Å². The van der Waals surface area contributed by atoms with Crippen LogP contribution in [0.5, 0.6) is 0 Å². The lowest BCUT2D eigenvalue weighted by Crippen LogP contribution is -2.29. The summed E-state index contributed by atoms with van der Waals surface area (Å²) < 4.78 is 0. The van der Waals surface area contributed by atoms with Gasteiger partial charge >= 0.3 is 0 Å². The fourth-order valence-electron chi connectivity index (χ4n) is 1.34. The zero-order chi connectivity index (χ0) is 10.4. The standard InChI is InChI=1S/C11H17ClN2/c12-10-6-4-9(5-7-10)2-1-3-11(14)8-13/h4-7,11H,1-3,8,13-14H2. The van der Waals surface area contributed by atoms with E-state index in [-0.39, 0.29) is 6.04 Å². The third-order valence-corrected chi connectivity index (χ3v) is 2.51. The van der Waals surface area contributed by atoms with E-state index in [4.69, 9.17) is 23.1 Å². The summed E-state index contributed by atoms with van der Waals surface area (Å²) in [6.45, 7) is 0.570. The molecule has 0 bridgehead atoms. The summed E-state index contributed by atoms with van der Waals surface area (Å²) in [5, 5.41) is 0.785. The van der Waals surface area contributed by atoms with Gasteiger partial charge in [0.05, 0.1) is 0 Å². The summed E-state index contributed by atoms with van der Waals surface area (Å²) in [5.41, 5.74) is 12.4. The van der Waals surface area contributed by atoms with Gasteiger partial charge in [-0.05, 0) is 37.0 Å². The van der Waals surface area contributed by atoms with Crippen LogP contribution in [0.3, 0.4) is 0 Å². The first kappa shape index (κ1) is 11.5. The summed E-state index contributed by atoms with van der Waals surface area (Å²) in [5.74, 6) is 0. The number of rotatable bonds is 5. The predicted molar refractivity (Wildman–Crippen MR) is 61.4 cm³/mol. The molecule has 0 aliphatic heterocycles. The second-order valence-electron chi connectivity index (χ2n) is 3.51. The highest BCUT2D eigenvalue weighted by Crippen LogP contribution is 2.11. The Kier molecular flexibility index (Phi) is 4.94. The van der Waals surface area contributed by atoms with Crippen molar-refractivity contribution < 1.29 is 0 Å². The molecule has 0 radical (unpaired) electrons. The predicted octanol–water partition coefficient (Wildman–Crippen LogP) is 1.95. The monoisotopic (exact) mass is 212 g/mol.